The first kappa shape index (κ1) is 38.2. The van der Waals surface area contributed by atoms with Crippen molar-refractivity contribution in [3.8, 4) is 0 Å². The minimum absolute atomic E-state index is 0.0293. The molecule has 0 radical (unpaired) electrons. The van der Waals surface area contributed by atoms with Gasteiger partial charge in [-0.05, 0) is 109 Å². The number of alkyl halides is 6. The molecule has 0 amide bonds. The van der Waals surface area contributed by atoms with Crippen LogP contribution in [0.2, 0.25) is 0 Å². The summed E-state index contributed by atoms with van der Waals surface area (Å²) in [6.07, 6.45) is -6.81. The van der Waals surface area contributed by atoms with Gasteiger partial charge in [0.1, 0.15) is 0 Å². The zero-order valence-corrected chi connectivity index (χ0v) is 31.2. The number of rotatable bonds is 8. The Kier molecular flexibility index (Phi) is 9.33. The lowest BCUT2D eigenvalue weighted by atomic mass is 9.59. The average Bonchev–Trinajstić information content (AvgIpc) is 3.44. The first-order chi connectivity index (χ1) is 24.8. The van der Waals surface area contributed by atoms with Crippen LogP contribution in [0.25, 0.3) is 0 Å². The van der Waals surface area contributed by atoms with E-state index in [1.165, 1.54) is 0 Å². The van der Waals surface area contributed by atoms with Gasteiger partial charge in [0.15, 0.2) is 11.2 Å². The molecular formula is C37H52F6N2O8. The lowest BCUT2D eigenvalue weighted by molar-refractivity contribution is -0.557. The van der Waals surface area contributed by atoms with E-state index in [1.54, 1.807) is 27.9 Å². The van der Waals surface area contributed by atoms with Gasteiger partial charge < -0.3 is 28.7 Å². The highest BCUT2D eigenvalue weighted by atomic mass is 19.4. The summed E-state index contributed by atoms with van der Waals surface area (Å²) in [7, 11) is 3.49. The second kappa shape index (κ2) is 12.9. The molecule has 4 bridgehead atoms. The van der Waals surface area contributed by atoms with Gasteiger partial charge in [0.05, 0.1) is 0 Å². The molecule has 10 aliphatic rings. The Hall–Kier alpha value is -1.66. The molecule has 0 aromatic carbocycles. The standard InChI is InChI=1S/C37H52F6N2O8/c1-20-8-10-26-22(28(36(38,39)40)46-30-34(26)24(20)12-14-32(3,48-30)50-52-34)18-44(5)16-7-17-45(6)19-23-27-11-9-21(2)25-13-15-33(4)49-31(35(25,27)53-51-33)47-29(23)37(41,42)43/h20-21,24-27,30-31H,7-19H2,1-6H3/t20-,21-,24?,25?,26+,27+,30-,31-,32+,33+,34-,35-/m1/s1. The first-order valence-electron chi connectivity index (χ1n) is 19.2. The summed E-state index contributed by atoms with van der Waals surface area (Å²) in [6, 6.07) is 0. The summed E-state index contributed by atoms with van der Waals surface area (Å²) in [5.74, 6) is -5.60. The minimum Gasteiger partial charge on any atom is -0.456 e. The maximum Gasteiger partial charge on any atom is 0.449 e. The zero-order chi connectivity index (χ0) is 37.9. The number of ether oxygens (including phenoxy) is 4. The van der Waals surface area contributed by atoms with E-state index in [1.807, 2.05) is 9.80 Å². The molecule has 10 nitrogen and oxygen atoms in total. The number of likely N-dealkylation sites (N-methyl/N-ethyl adjacent to an activating group) is 2. The smallest absolute Gasteiger partial charge is 0.449 e. The normalized spacial score (nSPS) is 45.1. The molecule has 53 heavy (non-hydrogen) atoms. The van der Waals surface area contributed by atoms with Gasteiger partial charge in [-0.1, -0.05) is 13.8 Å². The van der Waals surface area contributed by atoms with Crippen LogP contribution in [-0.4, -0.2) is 97.8 Å². The zero-order valence-electron chi connectivity index (χ0n) is 31.2. The van der Waals surface area contributed by atoms with Gasteiger partial charge in [0, 0.05) is 49.6 Å². The van der Waals surface area contributed by atoms with E-state index in [4.69, 9.17) is 38.5 Å². The van der Waals surface area contributed by atoms with Crippen molar-refractivity contribution >= 4 is 0 Å². The monoisotopic (exact) mass is 766 g/mol. The number of halogens is 6. The van der Waals surface area contributed by atoms with Crippen molar-refractivity contribution in [2.45, 2.75) is 133 Å². The van der Waals surface area contributed by atoms with E-state index in [-0.39, 0.29) is 47.9 Å². The first-order valence-corrected chi connectivity index (χ1v) is 19.2. The highest BCUT2D eigenvalue weighted by Crippen LogP contribution is 2.63. The molecule has 0 N–H and O–H groups in total. The highest BCUT2D eigenvalue weighted by molar-refractivity contribution is 5.30. The Morgan fingerprint density at radius 3 is 1.38 bits per heavy atom. The molecule has 2 saturated carbocycles. The largest absolute Gasteiger partial charge is 0.456 e. The minimum atomic E-state index is -4.75. The van der Waals surface area contributed by atoms with E-state index in [0.29, 0.717) is 58.0 Å². The Morgan fingerprint density at radius 2 is 1.00 bits per heavy atom. The Balaban J connectivity index is 0.985. The van der Waals surface area contributed by atoms with E-state index in [2.05, 4.69) is 13.8 Å². The molecule has 10 rings (SSSR count). The van der Waals surface area contributed by atoms with E-state index >= 15 is 0 Å². The van der Waals surface area contributed by atoms with Crippen LogP contribution < -0.4 is 0 Å². The predicted molar refractivity (Wildman–Crippen MR) is 174 cm³/mol. The van der Waals surface area contributed by atoms with Crippen LogP contribution in [0.5, 0.6) is 0 Å². The Bertz CT molecular complexity index is 1400. The van der Waals surface area contributed by atoms with Crippen LogP contribution in [-0.2, 0) is 38.5 Å². The van der Waals surface area contributed by atoms with E-state index < -0.39 is 71.1 Å². The van der Waals surface area contributed by atoms with Crippen molar-refractivity contribution in [2.75, 3.05) is 40.3 Å². The summed E-state index contributed by atoms with van der Waals surface area (Å²) in [5, 5.41) is 0. The summed E-state index contributed by atoms with van der Waals surface area (Å²) < 4.78 is 112. The molecule has 8 aliphatic heterocycles. The average molecular weight is 767 g/mol. The molecular weight excluding hydrogens is 714 g/mol. The maximum absolute atomic E-state index is 14.7. The summed E-state index contributed by atoms with van der Waals surface area (Å²) >= 11 is 0. The number of hydrogen-bond donors (Lipinski definition) is 0. The molecule has 12 atom stereocenters. The van der Waals surface area contributed by atoms with Crippen molar-refractivity contribution in [2.24, 2.45) is 35.5 Å². The summed E-state index contributed by atoms with van der Waals surface area (Å²) in [6.45, 7) is 8.23. The van der Waals surface area contributed by atoms with Crippen molar-refractivity contribution in [3.63, 3.8) is 0 Å². The number of fused-ring (bicyclic) bond motifs is 4. The molecule has 0 aromatic heterocycles. The Morgan fingerprint density at radius 1 is 0.604 bits per heavy atom. The Labute approximate surface area is 306 Å². The third-order valence-electron chi connectivity index (χ3n) is 13.8. The van der Waals surface area contributed by atoms with Crippen LogP contribution in [0, 0.1) is 35.5 Å². The topological polar surface area (TPSA) is 80.3 Å². The molecule has 2 aliphatic carbocycles. The van der Waals surface area contributed by atoms with Gasteiger partial charge in [-0.15, -0.1) is 0 Å². The number of nitrogens with zero attached hydrogens (tertiary/aromatic N) is 2. The van der Waals surface area contributed by atoms with Crippen LogP contribution in [0.4, 0.5) is 26.3 Å². The highest BCUT2D eigenvalue weighted by Gasteiger charge is 2.72. The fourth-order valence-electron chi connectivity index (χ4n) is 11.2. The number of hydrogen-bond acceptors (Lipinski definition) is 10. The predicted octanol–water partition coefficient (Wildman–Crippen LogP) is 7.36. The van der Waals surface area contributed by atoms with Gasteiger partial charge in [0.2, 0.25) is 35.7 Å². The van der Waals surface area contributed by atoms with Crippen LogP contribution in [0.15, 0.2) is 22.7 Å². The lowest BCUT2D eigenvalue weighted by Crippen LogP contribution is -2.67. The van der Waals surface area contributed by atoms with Crippen LogP contribution in [0.1, 0.15) is 85.5 Å². The van der Waals surface area contributed by atoms with Crippen molar-refractivity contribution in [3.05, 3.63) is 22.7 Å². The van der Waals surface area contributed by atoms with E-state index in [9.17, 15) is 26.3 Å². The fraction of sp³-hybridized carbons (Fsp3) is 0.892. The fourth-order valence-corrected chi connectivity index (χ4v) is 11.2. The van der Waals surface area contributed by atoms with E-state index in [0.717, 1.165) is 12.8 Å². The molecule has 6 saturated heterocycles. The van der Waals surface area contributed by atoms with Crippen molar-refractivity contribution in [1.29, 1.82) is 0 Å². The molecule has 8 heterocycles. The quantitative estimate of drug-likeness (QED) is 0.185. The van der Waals surface area contributed by atoms with Gasteiger partial charge in [0.25, 0.3) is 0 Å². The van der Waals surface area contributed by atoms with Crippen molar-refractivity contribution in [1.82, 2.24) is 9.80 Å². The molecule has 2 unspecified atom stereocenters. The van der Waals surface area contributed by atoms with Crippen LogP contribution >= 0.6 is 0 Å². The molecule has 16 heteroatoms. The maximum atomic E-state index is 14.7. The third kappa shape index (κ3) is 6.15. The van der Waals surface area contributed by atoms with Crippen molar-refractivity contribution < 1.29 is 64.8 Å². The second-order valence-corrected chi connectivity index (χ2v) is 17.5. The second-order valence-electron chi connectivity index (χ2n) is 17.5. The molecule has 2 spiro atoms. The molecule has 0 aromatic rings. The molecule has 300 valence electrons. The summed E-state index contributed by atoms with van der Waals surface area (Å²) in [5.41, 5.74) is -2.17. The molecule has 8 fully saturated rings. The SMILES string of the molecule is C[C@@H]1CC[C@H]2C(CN(C)CCCN(C)CC3=C(C(F)(F)F)O[C@@H]4O[C@]5(C)CCC6[C@H](C)CC[C@@H]3[C@]64OO5)=C(C(F)(F)F)O[C@@H]3O[C@]4(C)CCC1[C@]32OO4. The third-order valence-corrected chi connectivity index (χ3v) is 13.8. The summed E-state index contributed by atoms with van der Waals surface area (Å²) in [4.78, 5) is 27.4. The van der Waals surface area contributed by atoms with Gasteiger partial charge in [-0.3, -0.25) is 0 Å². The lowest BCUT2D eigenvalue weighted by Gasteiger charge is -2.57. The number of allylic oxidation sites excluding steroid dienone is 2. The van der Waals surface area contributed by atoms with Gasteiger partial charge >= 0.3 is 12.4 Å². The van der Waals surface area contributed by atoms with Crippen LogP contribution in [0.3, 0.4) is 0 Å². The van der Waals surface area contributed by atoms with Gasteiger partial charge in [-0.25, -0.2) is 19.6 Å². The van der Waals surface area contributed by atoms with Gasteiger partial charge in [-0.2, -0.15) is 26.3 Å².